The Balaban J connectivity index is 1.72. The van der Waals surface area contributed by atoms with Crippen LogP contribution in [0.2, 0.25) is 0 Å². The Hall–Kier alpha value is -1.42. The number of hydrogen-bond acceptors (Lipinski definition) is 4. The zero-order valence-corrected chi connectivity index (χ0v) is 11.4. The van der Waals surface area contributed by atoms with Gasteiger partial charge < -0.3 is 5.32 Å². The van der Waals surface area contributed by atoms with Crippen molar-refractivity contribution in [2.24, 2.45) is 0 Å². The highest BCUT2D eigenvalue weighted by Crippen LogP contribution is 2.30. The first-order chi connectivity index (χ1) is 8.83. The molecule has 0 unspecified atom stereocenters. The van der Waals surface area contributed by atoms with Gasteiger partial charge in [0, 0.05) is 17.6 Å². The van der Waals surface area contributed by atoms with Gasteiger partial charge in [0.15, 0.2) is 0 Å². The SMILES string of the molecule is Cc1nccc(NCc2csc3c2CCCC3)n1. The number of rotatable bonds is 3. The maximum atomic E-state index is 4.37. The van der Waals surface area contributed by atoms with Gasteiger partial charge in [0.25, 0.3) is 0 Å². The molecule has 3 nitrogen and oxygen atoms in total. The van der Waals surface area contributed by atoms with Crippen LogP contribution in [0.3, 0.4) is 0 Å². The Morgan fingerprint density at radius 1 is 1.33 bits per heavy atom. The molecule has 4 heteroatoms. The number of thiophene rings is 1. The number of nitrogens with one attached hydrogen (secondary N) is 1. The molecule has 2 aromatic rings. The van der Waals surface area contributed by atoms with Gasteiger partial charge in [0.2, 0.25) is 0 Å². The van der Waals surface area contributed by atoms with E-state index in [1.165, 1.54) is 31.2 Å². The van der Waals surface area contributed by atoms with Crippen LogP contribution in [0.1, 0.15) is 34.7 Å². The molecule has 2 aromatic heterocycles. The van der Waals surface area contributed by atoms with E-state index in [4.69, 9.17) is 0 Å². The molecule has 2 heterocycles. The van der Waals surface area contributed by atoms with Gasteiger partial charge in [-0.3, -0.25) is 0 Å². The molecule has 0 spiro atoms. The van der Waals surface area contributed by atoms with Crippen molar-refractivity contribution >= 4 is 17.2 Å². The molecule has 18 heavy (non-hydrogen) atoms. The lowest BCUT2D eigenvalue weighted by Crippen LogP contribution is -2.06. The van der Waals surface area contributed by atoms with Crippen molar-refractivity contribution in [3.8, 4) is 0 Å². The predicted octanol–water partition coefficient (Wildman–Crippen LogP) is 3.34. The van der Waals surface area contributed by atoms with Gasteiger partial charge in [0.05, 0.1) is 0 Å². The molecular weight excluding hydrogens is 242 g/mol. The summed E-state index contributed by atoms with van der Waals surface area (Å²) in [4.78, 5) is 10.1. The van der Waals surface area contributed by atoms with Crippen LogP contribution in [0.5, 0.6) is 0 Å². The summed E-state index contributed by atoms with van der Waals surface area (Å²) in [6.45, 7) is 2.79. The molecule has 0 saturated carbocycles. The van der Waals surface area contributed by atoms with Crippen LogP contribution in [-0.4, -0.2) is 9.97 Å². The first-order valence-electron chi connectivity index (χ1n) is 6.44. The van der Waals surface area contributed by atoms with Crippen molar-refractivity contribution in [2.75, 3.05) is 5.32 Å². The van der Waals surface area contributed by atoms with Crippen molar-refractivity contribution in [2.45, 2.75) is 39.2 Å². The number of anilines is 1. The third kappa shape index (κ3) is 2.38. The summed E-state index contributed by atoms with van der Waals surface area (Å²) in [5.74, 6) is 1.73. The lowest BCUT2D eigenvalue weighted by atomic mass is 9.96. The standard InChI is InChI=1S/C14H17N3S/c1-10-15-7-6-14(17-10)16-8-11-9-18-13-5-3-2-4-12(11)13/h6-7,9H,2-5,8H2,1H3,(H,15,16,17). The summed E-state index contributed by atoms with van der Waals surface area (Å²) in [5, 5.41) is 5.70. The monoisotopic (exact) mass is 259 g/mol. The van der Waals surface area contributed by atoms with Crippen LogP contribution >= 0.6 is 11.3 Å². The van der Waals surface area contributed by atoms with Gasteiger partial charge in [-0.2, -0.15) is 0 Å². The van der Waals surface area contributed by atoms with E-state index in [9.17, 15) is 0 Å². The van der Waals surface area contributed by atoms with Gasteiger partial charge in [-0.15, -0.1) is 11.3 Å². The van der Waals surface area contributed by atoms with Crippen molar-refractivity contribution in [1.82, 2.24) is 9.97 Å². The van der Waals surface area contributed by atoms with E-state index in [1.807, 2.05) is 24.3 Å². The van der Waals surface area contributed by atoms with Gasteiger partial charge in [-0.05, 0) is 55.2 Å². The van der Waals surface area contributed by atoms with E-state index >= 15 is 0 Å². The number of hydrogen-bond donors (Lipinski definition) is 1. The third-order valence-corrected chi connectivity index (χ3v) is 4.52. The Morgan fingerprint density at radius 3 is 3.11 bits per heavy atom. The largest absolute Gasteiger partial charge is 0.366 e. The van der Waals surface area contributed by atoms with Crippen LogP contribution in [0, 0.1) is 6.92 Å². The Bertz CT molecular complexity index is 548. The summed E-state index contributed by atoms with van der Waals surface area (Å²) in [6.07, 6.45) is 7.01. The molecule has 94 valence electrons. The molecule has 0 saturated heterocycles. The molecule has 3 rings (SSSR count). The Morgan fingerprint density at radius 2 is 2.22 bits per heavy atom. The fourth-order valence-electron chi connectivity index (χ4n) is 2.45. The highest BCUT2D eigenvalue weighted by Gasteiger charge is 2.15. The molecular formula is C14H17N3S. The molecule has 0 radical (unpaired) electrons. The van der Waals surface area contributed by atoms with E-state index in [0.717, 1.165) is 18.2 Å². The van der Waals surface area contributed by atoms with Crippen LogP contribution in [0.15, 0.2) is 17.6 Å². The maximum Gasteiger partial charge on any atom is 0.129 e. The highest BCUT2D eigenvalue weighted by atomic mass is 32.1. The zero-order valence-electron chi connectivity index (χ0n) is 10.6. The summed E-state index contributed by atoms with van der Waals surface area (Å²) >= 11 is 1.92. The summed E-state index contributed by atoms with van der Waals surface area (Å²) in [6, 6.07) is 1.92. The van der Waals surface area contributed by atoms with Crippen LogP contribution in [-0.2, 0) is 19.4 Å². The average Bonchev–Trinajstić information content (AvgIpc) is 2.80. The molecule has 1 aliphatic rings. The fraction of sp³-hybridized carbons (Fsp3) is 0.429. The van der Waals surface area contributed by atoms with Crippen LogP contribution < -0.4 is 5.32 Å². The molecule has 1 N–H and O–H groups in total. The predicted molar refractivity (Wildman–Crippen MR) is 75.1 cm³/mol. The minimum Gasteiger partial charge on any atom is -0.366 e. The normalized spacial score (nSPS) is 14.3. The molecule has 0 aliphatic heterocycles. The second-order valence-electron chi connectivity index (χ2n) is 4.71. The van der Waals surface area contributed by atoms with Crippen molar-refractivity contribution in [1.29, 1.82) is 0 Å². The lowest BCUT2D eigenvalue weighted by Gasteiger charge is -2.13. The van der Waals surface area contributed by atoms with E-state index in [2.05, 4.69) is 20.7 Å². The molecule has 1 aliphatic carbocycles. The summed E-state index contributed by atoms with van der Waals surface area (Å²) in [7, 11) is 0. The van der Waals surface area contributed by atoms with Crippen LogP contribution in [0.4, 0.5) is 5.82 Å². The van der Waals surface area contributed by atoms with E-state index < -0.39 is 0 Å². The van der Waals surface area contributed by atoms with E-state index in [0.29, 0.717) is 0 Å². The highest BCUT2D eigenvalue weighted by molar-refractivity contribution is 7.10. The van der Waals surface area contributed by atoms with Gasteiger partial charge in [0.1, 0.15) is 11.6 Å². The first kappa shape index (κ1) is 11.7. The first-order valence-corrected chi connectivity index (χ1v) is 7.32. The van der Waals surface area contributed by atoms with Gasteiger partial charge in [-0.1, -0.05) is 0 Å². The topological polar surface area (TPSA) is 37.8 Å². The second kappa shape index (κ2) is 5.06. The molecule has 0 aromatic carbocycles. The number of nitrogens with zero attached hydrogens (tertiary/aromatic N) is 2. The van der Waals surface area contributed by atoms with E-state index in [-0.39, 0.29) is 0 Å². The fourth-order valence-corrected chi connectivity index (χ4v) is 3.60. The molecule has 0 amide bonds. The number of aryl methyl sites for hydroxylation is 2. The minimum absolute atomic E-state index is 0.812. The summed E-state index contributed by atoms with van der Waals surface area (Å²) < 4.78 is 0. The van der Waals surface area contributed by atoms with Crippen molar-refractivity contribution in [3.05, 3.63) is 39.5 Å². The third-order valence-electron chi connectivity index (χ3n) is 3.38. The maximum absolute atomic E-state index is 4.37. The summed E-state index contributed by atoms with van der Waals surface area (Å²) in [5.41, 5.74) is 3.04. The molecule has 0 bridgehead atoms. The van der Waals surface area contributed by atoms with Crippen molar-refractivity contribution < 1.29 is 0 Å². The van der Waals surface area contributed by atoms with Crippen LogP contribution in [0.25, 0.3) is 0 Å². The smallest absolute Gasteiger partial charge is 0.129 e. The quantitative estimate of drug-likeness (QED) is 0.918. The Labute approximate surface area is 111 Å². The zero-order chi connectivity index (χ0) is 12.4. The second-order valence-corrected chi connectivity index (χ2v) is 5.68. The number of aromatic nitrogens is 2. The van der Waals surface area contributed by atoms with Gasteiger partial charge in [-0.25, -0.2) is 9.97 Å². The Kier molecular flexibility index (Phi) is 3.28. The van der Waals surface area contributed by atoms with Crippen molar-refractivity contribution in [3.63, 3.8) is 0 Å². The minimum atomic E-state index is 0.812. The average molecular weight is 259 g/mol. The molecule has 0 atom stereocenters. The van der Waals surface area contributed by atoms with Gasteiger partial charge >= 0.3 is 0 Å². The van der Waals surface area contributed by atoms with E-state index in [1.54, 1.807) is 16.6 Å². The number of fused-ring (bicyclic) bond motifs is 1. The molecule has 0 fully saturated rings. The lowest BCUT2D eigenvalue weighted by molar-refractivity contribution is 0.692.